The molecule has 0 aromatic carbocycles. The van der Waals surface area contributed by atoms with Crippen LogP contribution in [-0.2, 0) is 0 Å². The minimum atomic E-state index is -0.960. The molecular weight excluding hydrogens is 266 g/mol. The zero-order chi connectivity index (χ0) is 14.6. The molecule has 0 fully saturated rings. The van der Waals surface area contributed by atoms with Crippen LogP contribution in [0.5, 0.6) is 0 Å². The van der Waals surface area contributed by atoms with Crippen molar-refractivity contribution >= 4 is 23.3 Å². The van der Waals surface area contributed by atoms with Crippen molar-refractivity contribution in [2.24, 2.45) is 0 Å². The summed E-state index contributed by atoms with van der Waals surface area (Å²) in [5.41, 5.74) is -0.765. The Morgan fingerprint density at radius 1 is 1.53 bits per heavy atom. The van der Waals surface area contributed by atoms with Gasteiger partial charge < -0.3 is 15.3 Å². The first kappa shape index (κ1) is 15.7. The summed E-state index contributed by atoms with van der Waals surface area (Å²) in [6.07, 6.45) is 0. The van der Waals surface area contributed by atoms with Gasteiger partial charge in [0.25, 0.3) is 5.91 Å². The maximum absolute atomic E-state index is 12.4. The van der Waals surface area contributed by atoms with Crippen molar-refractivity contribution in [1.29, 1.82) is 0 Å². The first-order chi connectivity index (χ1) is 8.78. The van der Waals surface area contributed by atoms with Crippen molar-refractivity contribution in [3.05, 3.63) is 22.8 Å². The number of likely N-dealkylation sites (N-methyl/N-ethyl adjacent to an activating group) is 1. The second-order valence-electron chi connectivity index (χ2n) is 4.91. The maximum atomic E-state index is 12.4. The number of hydrogen-bond acceptors (Lipinski definition) is 4. The number of pyridine rings is 1. The van der Waals surface area contributed by atoms with E-state index >= 15 is 0 Å². The van der Waals surface area contributed by atoms with E-state index in [0.29, 0.717) is 17.4 Å². The predicted molar refractivity (Wildman–Crippen MR) is 76.7 cm³/mol. The average Bonchev–Trinajstić information content (AvgIpc) is 2.34. The standard InChI is InChI=1S/C13H20ClN3O2/c1-5-17(8-13(2,3)19)12(18)11-9(14)6-7-10(15-4)16-11/h6-7,19H,5,8H2,1-4H3,(H,15,16). The summed E-state index contributed by atoms with van der Waals surface area (Å²) in [5, 5.41) is 13.0. The fourth-order valence-electron chi connectivity index (χ4n) is 1.68. The minimum absolute atomic E-state index is 0.194. The predicted octanol–water partition coefficient (Wildman–Crippen LogP) is 2.01. The number of anilines is 1. The lowest BCUT2D eigenvalue weighted by Gasteiger charge is -2.28. The van der Waals surface area contributed by atoms with Crippen LogP contribution in [0.2, 0.25) is 5.02 Å². The van der Waals surface area contributed by atoms with E-state index in [4.69, 9.17) is 11.6 Å². The Bertz CT molecular complexity index is 458. The van der Waals surface area contributed by atoms with Gasteiger partial charge in [0.1, 0.15) is 11.5 Å². The maximum Gasteiger partial charge on any atom is 0.274 e. The van der Waals surface area contributed by atoms with Gasteiger partial charge in [-0.05, 0) is 32.9 Å². The summed E-state index contributed by atoms with van der Waals surface area (Å²) in [6, 6.07) is 3.33. The molecule has 1 aromatic heterocycles. The summed E-state index contributed by atoms with van der Waals surface area (Å²) < 4.78 is 0. The summed E-state index contributed by atoms with van der Waals surface area (Å²) in [4.78, 5) is 18.1. The van der Waals surface area contributed by atoms with Crippen molar-refractivity contribution in [1.82, 2.24) is 9.88 Å². The average molecular weight is 286 g/mol. The van der Waals surface area contributed by atoms with E-state index in [1.165, 1.54) is 4.90 Å². The Morgan fingerprint density at radius 3 is 2.63 bits per heavy atom. The van der Waals surface area contributed by atoms with Crippen LogP contribution in [0.3, 0.4) is 0 Å². The smallest absolute Gasteiger partial charge is 0.274 e. The van der Waals surface area contributed by atoms with Crippen LogP contribution < -0.4 is 5.32 Å². The van der Waals surface area contributed by atoms with E-state index in [-0.39, 0.29) is 18.1 Å². The third-order valence-corrected chi connectivity index (χ3v) is 2.86. The van der Waals surface area contributed by atoms with Gasteiger partial charge in [-0.25, -0.2) is 4.98 Å². The van der Waals surface area contributed by atoms with Gasteiger partial charge in [0.15, 0.2) is 0 Å². The van der Waals surface area contributed by atoms with Gasteiger partial charge in [-0.15, -0.1) is 0 Å². The van der Waals surface area contributed by atoms with E-state index < -0.39 is 5.60 Å². The second-order valence-corrected chi connectivity index (χ2v) is 5.32. The molecule has 0 spiro atoms. The van der Waals surface area contributed by atoms with Gasteiger partial charge in [0, 0.05) is 20.1 Å². The normalized spacial score (nSPS) is 11.3. The first-order valence-corrected chi connectivity index (χ1v) is 6.52. The molecule has 0 saturated carbocycles. The number of carbonyl (C=O) groups is 1. The monoisotopic (exact) mass is 285 g/mol. The first-order valence-electron chi connectivity index (χ1n) is 6.14. The van der Waals surface area contributed by atoms with Gasteiger partial charge >= 0.3 is 0 Å². The molecule has 0 aliphatic carbocycles. The van der Waals surface area contributed by atoms with Gasteiger partial charge in [0.2, 0.25) is 0 Å². The number of aromatic nitrogens is 1. The summed E-state index contributed by atoms with van der Waals surface area (Å²) in [5.74, 6) is 0.291. The minimum Gasteiger partial charge on any atom is -0.389 e. The molecule has 0 atom stereocenters. The Kier molecular flexibility index (Phi) is 5.14. The molecule has 1 aromatic rings. The molecule has 5 nitrogen and oxygen atoms in total. The van der Waals surface area contributed by atoms with E-state index in [1.807, 2.05) is 6.92 Å². The van der Waals surface area contributed by atoms with E-state index in [1.54, 1.807) is 33.0 Å². The lowest BCUT2D eigenvalue weighted by molar-refractivity contribution is 0.0312. The number of nitrogens with one attached hydrogen (secondary N) is 1. The topological polar surface area (TPSA) is 65.5 Å². The van der Waals surface area contributed by atoms with Crippen LogP contribution in [0.15, 0.2) is 12.1 Å². The molecule has 2 N–H and O–H groups in total. The van der Waals surface area contributed by atoms with Gasteiger partial charge in [0.05, 0.1) is 10.6 Å². The molecule has 1 rings (SSSR count). The Hall–Kier alpha value is -1.33. The molecule has 0 aliphatic heterocycles. The number of halogens is 1. The number of amides is 1. The van der Waals surface area contributed by atoms with Crippen LogP contribution in [0, 0.1) is 0 Å². The summed E-state index contributed by atoms with van der Waals surface area (Å²) >= 11 is 6.02. The fraction of sp³-hybridized carbons (Fsp3) is 0.538. The largest absolute Gasteiger partial charge is 0.389 e. The zero-order valence-electron chi connectivity index (χ0n) is 11.7. The molecule has 0 radical (unpaired) electrons. The molecule has 0 saturated heterocycles. The highest BCUT2D eigenvalue weighted by atomic mass is 35.5. The molecule has 0 aliphatic rings. The molecule has 1 amide bonds. The van der Waals surface area contributed by atoms with E-state index in [9.17, 15) is 9.90 Å². The van der Waals surface area contributed by atoms with E-state index in [0.717, 1.165) is 0 Å². The van der Waals surface area contributed by atoms with Crippen LogP contribution in [-0.4, -0.2) is 46.6 Å². The SMILES string of the molecule is CCN(CC(C)(C)O)C(=O)c1nc(NC)ccc1Cl. The molecule has 1 heterocycles. The lowest BCUT2D eigenvalue weighted by atomic mass is 10.1. The second kappa shape index (κ2) is 6.21. The van der Waals surface area contributed by atoms with Crippen molar-refractivity contribution in [2.75, 3.05) is 25.5 Å². The number of nitrogens with zero attached hydrogens (tertiary/aromatic N) is 2. The Balaban J connectivity index is 3.03. The van der Waals surface area contributed by atoms with Gasteiger partial charge in [-0.2, -0.15) is 0 Å². The number of carbonyl (C=O) groups excluding carboxylic acids is 1. The highest BCUT2D eigenvalue weighted by Gasteiger charge is 2.24. The molecular formula is C13H20ClN3O2. The molecule has 0 bridgehead atoms. The third kappa shape index (κ3) is 4.36. The Morgan fingerprint density at radius 2 is 2.16 bits per heavy atom. The fourth-order valence-corrected chi connectivity index (χ4v) is 1.86. The van der Waals surface area contributed by atoms with Gasteiger partial charge in [-0.3, -0.25) is 4.79 Å². The highest BCUT2D eigenvalue weighted by molar-refractivity contribution is 6.33. The Labute approximate surface area is 118 Å². The van der Waals surface area contributed by atoms with Crippen molar-refractivity contribution in [3.63, 3.8) is 0 Å². The molecule has 0 unspecified atom stereocenters. The van der Waals surface area contributed by atoms with E-state index in [2.05, 4.69) is 10.3 Å². The highest BCUT2D eigenvalue weighted by Crippen LogP contribution is 2.19. The summed E-state index contributed by atoms with van der Waals surface area (Å²) in [7, 11) is 1.72. The van der Waals surface area contributed by atoms with Gasteiger partial charge in [-0.1, -0.05) is 11.6 Å². The van der Waals surface area contributed by atoms with Crippen molar-refractivity contribution < 1.29 is 9.90 Å². The van der Waals surface area contributed by atoms with Crippen LogP contribution in [0.4, 0.5) is 5.82 Å². The summed E-state index contributed by atoms with van der Waals surface area (Å²) in [6.45, 7) is 5.86. The van der Waals surface area contributed by atoms with Crippen molar-refractivity contribution in [3.8, 4) is 0 Å². The number of rotatable bonds is 5. The van der Waals surface area contributed by atoms with Crippen LogP contribution in [0.25, 0.3) is 0 Å². The number of hydrogen-bond donors (Lipinski definition) is 2. The quantitative estimate of drug-likeness (QED) is 0.868. The molecule has 6 heteroatoms. The van der Waals surface area contributed by atoms with Crippen LogP contribution in [0.1, 0.15) is 31.3 Å². The van der Waals surface area contributed by atoms with Crippen LogP contribution >= 0.6 is 11.6 Å². The molecule has 19 heavy (non-hydrogen) atoms. The zero-order valence-corrected chi connectivity index (χ0v) is 12.5. The lowest BCUT2D eigenvalue weighted by Crippen LogP contribution is -2.42. The number of aliphatic hydroxyl groups is 1. The molecule has 106 valence electrons. The third-order valence-electron chi connectivity index (χ3n) is 2.55. The van der Waals surface area contributed by atoms with Crippen molar-refractivity contribution in [2.45, 2.75) is 26.4 Å².